The molecular weight excluding hydrogens is 258 g/mol. The second kappa shape index (κ2) is 5.23. The monoisotopic (exact) mass is 275 g/mol. The van der Waals surface area contributed by atoms with Crippen LogP contribution in [0.15, 0.2) is 29.6 Å². The zero-order valence-electron chi connectivity index (χ0n) is 10.9. The molecule has 0 aliphatic carbocycles. The predicted molar refractivity (Wildman–Crippen MR) is 77.8 cm³/mol. The van der Waals surface area contributed by atoms with Gasteiger partial charge in [0.1, 0.15) is 0 Å². The number of benzene rings is 1. The molecule has 0 saturated heterocycles. The van der Waals surface area contributed by atoms with Crippen LogP contribution in [-0.2, 0) is 6.54 Å². The summed E-state index contributed by atoms with van der Waals surface area (Å²) in [6, 6.07) is 8.24. The van der Waals surface area contributed by atoms with Crippen molar-refractivity contribution < 1.29 is 9.47 Å². The van der Waals surface area contributed by atoms with Crippen molar-refractivity contribution in [1.82, 2.24) is 0 Å². The summed E-state index contributed by atoms with van der Waals surface area (Å²) < 4.78 is 11.5. The van der Waals surface area contributed by atoms with Crippen LogP contribution in [-0.4, -0.2) is 13.2 Å². The molecule has 1 aromatic carbocycles. The lowest BCUT2D eigenvalue weighted by Gasteiger charge is -2.08. The van der Waals surface area contributed by atoms with Gasteiger partial charge in [0.05, 0.1) is 13.2 Å². The first-order chi connectivity index (χ1) is 9.26. The topological polar surface area (TPSA) is 44.5 Å². The molecule has 4 heteroatoms. The van der Waals surface area contributed by atoms with Crippen molar-refractivity contribution in [3.63, 3.8) is 0 Å². The van der Waals surface area contributed by atoms with Crippen LogP contribution in [0.1, 0.15) is 11.8 Å². The van der Waals surface area contributed by atoms with Gasteiger partial charge in [-0.2, -0.15) is 0 Å². The molecule has 2 heterocycles. The Hall–Kier alpha value is -1.52. The summed E-state index contributed by atoms with van der Waals surface area (Å²) >= 11 is 1.69. The van der Waals surface area contributed by atoms with Crippen LogP contribution in [0.25, 0.3) is 11.1 Å². The van der Waals surface area contributed by atoms with Crippen molar-refractivity contribution in [2.75, 3.05) is 13.2 Å². The fourth-order valence-corrected chi connectivity index (χ4v) is 2.84. The SMILES string of the molecule is CC1COc2ccc(-c3csc(CN)c3)cc2OC1. The van der Waals surface area contributed by atoms with Crippen LogP contribution >= 0.6 is 11.3 Å². The van der Waals surface area contributed by atoms with Gasteiger partial charge in [-0.1, -0.05) is 13.0 Å². The fourth-order valence-electron chi connectivity index (χ4n) is 2.07. The lowest BCUT2D eigenvalue weighted by Crippen LogP contribution is -2.12. The third-order valence-corrected chi connectivity index (χ3v) is 4.14. The normalized spacial score (nSPS) is 18.1. The van der Waals surface area contributed by atoms with Gasteiger partial charge < -0.3 is 15.2 Å². The summed E-state index contributed by atoms with van der Waals surface area (Å²) in [4.78, 5) is 1.19. The summed E-state index contributed by atoms with van der Waals surface area (Å²) in [5.41, 5.74) is 7.99. The van der Waals surface area contributed by atoms with E-state index in [4.69, 9.17) is 15.2 Å². The number of hydrogen-bond donors (Lipinski definition) is 1. The van der Waals surface area contributed by atoms with E-state index in [9.17, 15) is 0 Å². The second-order valence-corrected chi connectivity index (χ2v) is 5.89. The molecular formula is C15H17NO2S. The molecule has 0 bridgehead atoms. The van der Waals surface area contributed by atoms with E-state index in [1.54, 1.807) is 11.3 Å². The Labute approximate surface area is 117 Å². The van der Waals surface area contributed by atoms with E-state index < -0.39 is 0 Å². The molecule has 0 fully saturated rings. The highest BCUT2D eigenvalue weighted by Gasteiger charge is 2.15. The van der Waals surface area contributed by atoms with Crippen molar-refractivity contribution in [2.24, 2.45) is 11.7 Å². The largest absolute Gasteiger partial charge is 0.489 e. The van der Waals surface area contributed by atoms with Crippen LogP contribution in [0, 0.1) is 5.92 Å². The number of thiophene rings is 1. The molecule has 2 aromatic rings. The van der Waals surface area contributed by atoms with Crippen LogP contribution in [0.3, 0.4) is 0 Å². The number of ether oxygens (including phenoxy) is 2. The van der Waals surface area contributed by atoms with E-state index in [1.807, 2.05) is 6.07 Å². The van der Waals surface area contributed by atoms with Crippen molar-refractivity contribution >= 4 is 11.3 Å². The standard InChI is InChI=1S/C15H17NO2S/c1-10-7-17-14-3-2-11(5-15(14)18-8-10)12-4-13(6-16)19-9-12/h2-5,9-10H,6-8,16H2,1H3. The van der Waals surface area contributed by atoms with Gasteiger partial charge in [0.25, 0.3) is 0 Å². The van der Waals surface area contributed by atoms with Gasteiger partial charge in [-0.25, -0.2) is 0 Å². The third-order valence-electron chi connectivity index (χ3n) is 3.18. The summed E-state index contributed by atoms with van der Waals surface area (Å²) in [5.74, 6) is 2.09. The van der Waals surface area contributed by atoms with Crippen LogP contribution in [0.2, 0.25) is 0 Å². The fraction of sp³-hybridized carbons (Fsp3) is 0.333. The molecule has 3 rings (SSSR count). The van der Waals surface area contributed by atoms with E-state index in [0.717, 1.165) is 17.1 Å². The molecule has 100 valence electrons. The van der Waals surface area contributed by atoms with Crippen LogP contribution in [0.4, 0.5) is 0 Å². The van der Waals surface area contributed by atoms with E-state index in [2.05, 4.69) is 30.5 Å². The predicted octanol–water partition coefficient (Wildman–Crippen LogP) is 3.28. The highest BCUT2D eigenvalue weighted by molar-refractivity contribution is 7.10. The Morgan fingerprint density at radius 1 is 1.16 bits per heavy atom. The first-order valence-corrected chi connectivity index (χ1v) is 7.31. The molecule has 1 aliphatic heterocycles. The average Bonchev–Trinajstić information content (AvgIpc) is 2.84. The number of fused-ring (bicyclic) bond motifs is 1. The molecule has 0 spiro atoms. The molecule has 1 unspecified atom stereocenters. The quantitative estimate of drug-likeness (QED) is 0.914. The molecule has 1 atom stereocenters. The Morgan fingerprint density at radius 3 is 2.68 bits per heavy atom. The van der Waals surface area contributed by atoms with Gasteiger partial charge in [0.2, 0.25) is 0 Å². The Morgan fingerprint density at radius 2 is 1.95 bits per heavy atom. The Balaban J connectivity index is 1.92. The van der Waals surface area contributed by atoms with Gasteiger partial charge in [-0.15, -0.1) is 11.3 Å². The molecule has 2 N–H and O–H groups in total. The summed E-state index contributed by atoms with van der Waals surface area (Å²) in [5, 5.41) is 2.13. The maximum Gasteiger partial charge on any atom is 0.161 e. The maximum atomic E-state index is 5.81. The summed E-state index contributed by atoms with van der Waals surface area (Å²) in [6.45, 7) is 4.13. The summed E-state index contributed by atoms with van der Waals surface area (Å²) in [7, 11) is 0. The van der Waals surface area contributed by atoms with Crippen molar-refractivity contribution in [1.29, 1.82) is 0 Å². The first-order valence-electron chi connectivity index (χ1n) is 6.44. The van der Waals surface area contributed by atoms with Gasteiger partial charge in [0.15, 0.2) is 11.5 Å². The Bertz CT molecular complexity index is 579. The molecule has 3 nitrogen and oxygen atoms in total. The zero-order valence-corrected chi connectivity index (χ0v) is 11.7. The highest BCUT2D eigenvalue weighted by atomic mass is 32.1. The smallest absolute Gasteiger partial charge is 0.161 e. The van der Waals surface area contributed by atoms with E-state index >= 15 is 0 Å². The molecule has 0 radical (unpaired) electrons. The van der Waals surface area contributed by atoms with Crippen molar-refractivity contribution in [3.8, 4) is 22.6 Å². The van der Waals surface area contributed by atoms with Gasteiger partial charge >= 0.3 is 0 Å². The highest BCUT2D eigenvalue weighted by Crippen LogP contribution is 2.36. The molecule has 0 amide bonds. The number of hydrogen-bond acceptors (Lipinski definition) is 4. The van der Waals surface area contributed by atoms with Gasteiger partial charge in [-0.3, -0.25) is 0 Å². The van der Waals surface area contributed by atoms with Crippen molar-refractivity contribution in [2.45, 2.75) is 13.5 Å². The second-order valence-electron chi connectivity index (χ2n) is 4.89. The molecule has 1 aromatic heterocycles. The molecule has 0 saturated carbocycles. The van der Waals surface area contributed by atoms with Crippen LogP contribution in [0.5, 0.6) is 11.5 Å². The van der Waals surface area contributed by atoms with Gasteiger partial charge in [0, 0.05) is 17.3 Å². The zero-order chi connectivity index (χ0) is 13.2. The van der Waals surface area contributed by atoms with E-state index in [-0.39, 0.29) is 0 Å². The first kappa shape index (κ1) is 12.5. The lowest BCUT2D eigenvalue weighted by molar-refractivity contribution is 0.228. The third kappa shape index (κ3) is 2.60. The minimum atomic E-state index is 0.417. The minimum Gasteiger partial charge on any atom is -0.489 e. The Kier molecular flexibility index (Phi) is 3.44. The molecule has 19 heavy (non-hydrogen) atoms. The van der Waals surface area contributed by atoms with Gasteiger partial charge in [-0.05, 0) is 34.7 Å². The lowest BCUT2D eigenvalue weighted by atomic mass is 10.1. The maximum absolute atomic E-state index is 5.81. The summed E-state index contributed by atoms with van der Waals surface area (Å²) in [6.07, 6.45) is 0. The van der Waals surface area contributed by atoms with Crippen LogP contribution < -0.4 is 15.2 Å². The number of nitrogens with two attached hydrogens (primary N) is 1. The number of rotatable bonds is 2. The average molecular weight is 275 g/mol. The van der Waals surface area contributed by atoms with Crippen molar-refractivity contribution in [3.05, 3.63) is 34.5 Å². The van der Waals surface area contributed by atoms with E-state index in [0.29, 0.717) is 25.7 Å². The van der Waals surface area contributed by atoms with E-state index in [1.165, 1.54) is 10.4 Å². The molecule has 1 aliphatic rings. The minimum absolute atomic E-state index is 0.417.